The van der Waals surface area contributed by atoms with E-state index in [0.717, 1.165) is 42.4 Å². The molecule has 0 bridgehead atoms. The number of carbonyl (C=O) groups is 1. The zero-order valence-corrected chi connectivity index (χ0v) is 19.4. The number of benzene rings is 3. The average Bonchev–Trinajstić information content (AvgIpc) is 2.82. The number of carbonyl (C=O) groups excluding carboxylic acids is 1. The van der Waals surface area contributed by atoms with Gasteiger partial charge in [0.1, 0.15) is 0 Å². The van der Waals surface area contributed by atoms with Crippen LogP contribution in [0.2, 0.25) is 0 Å². The first kappa shape index (κ1) is 22.1. The van der Waals surface area contributed by atoms with E-state index in [1.54, 1.807) is 6.92 Å². The zero-order valence-electron chi connectivity index (χ0n) is 19.4. The lowest BCUT2D eigenvalue weighted by Gasteiger charge is -2.49. The van der Waals surface area contributed by atoms with E-state index in [4.69, 9.17) is 4.74 Å². The Balaban J connectivity index is 2.15. The summed E-state index contributed by atoms with van der Waals surface area (Å²) in [5, 5.41) is 0. The van der Waals surface area contributed by atoms with E-state index in [0.29, 0.717) is 5.57 Å². The van der Waals surface area contributed by atoms with Gasteiger partial charge in [-0.2, -0.15) is 0 Å². The summed E-state index contributed by atoms with van der Waals surface area (Å²) in [6.45, 7) is 10.1. The lowest BCUT2D eigenvalue weighted by atomic mass is 9.57. The maximum Gasteiger partial charge on any atom is 0.334 e. The second kappa shape index (κ2) is 8.78. The van der Waals surface area contributed by atoms with Gasteiger partial charge in [-0.3, -0.25) is 0 Å². The predicted octanol–water partition coefficient (Wildman–Crippen LogP) is 7.30. The maximum atomic E-state index is 13.1. The van der Waals surface area contributed by atoms with Crippen LogP contribution in [0.5, 0.6) is 0 Å². The molecule has 0 N–H and O–H groups in total. The van der Waals surface area contributed by atoms with Gasteiger partial charge in [0.15, 0.2) is 5.60 Å². The molecule has 0 amide bonds. The molecule has 32 heavy (non-hydrogen) atoms. The van der Waals surface area contributed by atoms with Gasteiger partial charge in [-0.25, -0.2) is 4.79 Å². The fraction of sp³-hybridized carbons (Fsp3) is 0.300. The van der Waals surface area contributed by atoms with Crippen LogP contribution in [-0.4, -0.2) is 5.97 Å². The molecule has 0 aromatic heterocycles. The summed E-state index contributed by atoms with van der Waals surface area (Å²) >= 11 is 0. The van der Waals surface area contributed by atoms with Crippen molar-refractivity contribution < 1.29 is 9.53 Å². The molecule has 2 nitrogen and oxygen atoms in total. The van der Waals surface area contributed by atoms with Crippen LogP contribution in [0.15, 0.2) is 91.0 Å². The van der Waals surface area contributed by atoms with Gasteiger partial charge in [-0.1, -0.05) is 112 Å². The van der Waals surface area contributed by atoms with Crippen molar-refractivity contribution in [2.75, 3.05) is 0 Å². The van der Waals surface area contributed by atoms with E-state index in [-0.39, 0.29) is 11.4 Å². The van der Waals surface area contributed by atoms with E-state index in [2.05, 4.69) is 81.1 Å². The fourth-order valence-corrected chi connectivity index (χ4v) is 5.60. The van der Waals surface area contributed by atoms with Gasteiger partial charge in [0.05, 0.1) is 0 Å². The Morgan fingerprint density at radius 3 is 1.62 bits per heavy atom. The fourth-order valence-electron chi connectivity index (χ4n) is 5.60. The van der Waals surface area contributed by atoms with Crippen molar-refractivity contribution in [3.8, 4) is 0 Å². The van der Waals surface area contributed by atoms with E-state index in [1.165, 1.54) is 11.1 Å². The Hall–Kier alpha value is -3.13. The third kappa shape index (κ3) is 3.30. The van der Waals surface area contributed by atoms with Gasteiger partial charge in [0, 0.05) is 27.7 Å². The van der Waals surface area contributed by atoms with Crippen LogP contribution in [0.1, 0.15) is 74.3 Å². The third-order valence-electron chi connectivity index (χ3n) is 6.77. The normalized spacial score (nSPS) is 15.3. The molecule has 1 aliphatic rings. The van der Waals surface area contributed by atoms with Gasteiger partial charge in [0.25, 0.3) is 0 Å². The van der Waals surface area contributed by atoms with Crippen molar-refractivity contribution in [1.82, 2.24) is 0 Å². The van der Waals surface area contributed by atoms with Gasteiger partial charge >= 0.3 is 5.97 Å². The topological polar surface area (TPSA) is 26.3 Å². The monoisotopic (exact) mass is 424 g/mol. The summed E-state index contributed by atoms with van der Waals surface area (Å²) in [7, 11) is 0. The van der Waals surface area contributed by atoms with Crippen molar-refractivity contribution in [2.24, 2.45) is 0 Å². The second-order valence-corrected chi connectivity index (χ2v) is 8.89. The van der Waals surface area contributed by atoms with Crippen LogP contribution in [-0.2, 0) is 20.5 Å². The average molecular weight is 425 g/mol. The molecule has 0 fully saturated rings. The first-order valence-electron chi connectivity index (χ1n) is 11.7. The SMILES string of the molecule is C=C(C)C(=O)OC1(c2ccccc2)c2ccccc2C(CCC)(CCC)c2ccccc21. The molecular weight excluding hydrogens is 392 g/mol. The van der Waals surface area contributed by atoms with Crippen LogP contribution >= 0.6 is 0 Å². The Bertz CT molecular complexity index is 1070. The summed E-state index contributed by atoms with van der Waals surface area (Å²) in [5.41, 5.74) is 4.87. The zero-order chi connectivity index (χ0) is 22.8. The van der Waals surface area contributed by atoms with Crippen LogP contribution in [0, 0.1) is 0 Å². The smallest absolute Gasteiger partial charge is 0.334 e. The van der Waals surface area contributed by atoms with E-state index >= 15 is 0 Å². The number of fused-ring (bicyclic) bond motifs is 2. The molecule has 0 saturated carbocycles. The third-order valence-corrected chi connectivity index (χ3v) is 6.77. The second-order valence-electron chi connectivity index (χ2n) is 8.89. The molecule has 0 unspecified atom stereocenters. The summed E-state index contributed by atoms with van der Waals surface area (Å²) in [5.74, 6) is -0.378. The van der Waals surface area contributed by atoms with Gasteiger partial charge in [-0.05, 0) is 30.9 Å². The molecule has 164 valence electrons. The highest BCUT2D eigenvalue weighted by atomic mass is 16.6. The maximum absolute atomic E-state index is 13.1. The molecule has 0 spiro atoms. The van der Waals surface area contributed by atoms with Crippen molar-refractivity contribution in [2.45, 2.75) is 57.5 Å². The van der Waals surface area contributed by atoms with E-state index in [1.807, 2.05) is 18.2 Å². The van der Waals surface area contributed by atoms with E-state index in [9.17, 15) is 4.79 Å². The summed E-state index contributed by atoms with van der Waals surface area (Å²) < 4.78 is 6.49. The van der Waals surface area contributed by atoms with Gasteiger partial charge in [0.2, 0.25) is 0 Å². The number of rotatable bonds is 7. The number of esters is 1. The highest BCUT2D eigenvalue weighted by Gasteiger charge is 2.52. The first-order chi connectivity index (χ1) is 15.5. The molecule has 3 aromatic rings. The van der Waals surface area contributed by atoms with Crippen molar-refractivity contribution in [1.29, 1.82) is 0 Å². The minimum atomic E-state index is -1.02. The first-order valence-corrected chi connectivity index (χ1v) is 11.7. The highest BCUT2D eigenvalue weighted by molar-refractivity contribution is 5.88. The Morgan fingerprint density at radius 2 is 1.19 bits per heavy atom. The number of hydrogen-bond acceptors (Lipinski definition) is 2. The Labute approximate surface area is 192 Å². The predicted molar refractivity (Wildman–Crippen MR) is 131 cm³/mol. The molecular formula is C30H32O2. The standard InChI is InChI=1S/C30H32O2/c1-5-20-29(21-6-2)24-16-10-12-18-26(24)30(32-28(31)22(3)4,23-14-8-7-9-15-23)27-19-13-11-17-25(27)29/h7-19H,3,5-6,20-21H2,1-2,4H3. The minimum absolute atomic E-state index is 0.107. The highest BCUT2D eigenvalue weighted by Crippen LogP contribution is 2.56. The largest absolute Gasteiger partial charge is 0.441 e. The Morgan fingerprint density at radius 1 is 0.750 bits per heavy atom. The molecule has 0 heterocycles. The quantitative estimate of drug-likeness (QED) is 0.294. The molecule has 0 aliphatic heterocycles. The minimum Gasteiger partial charge on any atom is -0.441 e. The van der Waals surface area contributed by atoms with Gasteiger partial charge in [-0.15, -0.1) is 0 Å². The summed E-state index contributed by atoms with van der Waals surface area (Å²) in [4.78, 5) is 13.1. The van der Waals surface area contributed by atoms with Crippen molar-refractivity contribution >= 4 is 5.97 Å². The molecule has 0 saturated heterocycles. The molecule has 1 aliphatic carbocycles. The lowest BCUT2D eigenvalue weighted by Crippen LogP contribution is -2.46. The lowest BCUT2D eigenvalue weighted by molar-refractivity contribution is -0.148. The van der Waals surface area contributed by atoms with Crippen molar-refractivity contribution in [3.05, 3.63) is 119 Å². The number of hydrogen-bond donors (Lipinski definition) is 0. The van der Waals surface area contributed by atoms with Crippen LogP contribution in [0.25, 0.3) is 0 Å². The van der Waals surface area contributed by atoms with Gasteiger partial charge < -0.3 is 4.74 Å². The number of ether oxygens (including phenoxy) is 1. The Kier molecular flexibility index (Phi) is 6.06. The molecule has 3 aromatic carbocycles. The summed E-state index contributed by atoms with van der Waals surface area (Å²) in [6, 6.07) is 27.2. The van der Waals surface area contributed by atoms with Crippen LogP contribution in [0.4, 0.5) is 0 Å². The van der Waals surface area contributed by atoms with Crippen molar-refractivity contribution in [3.63, 3.8) is 0 Å². The van der Waals surface area contributed by atoms with E-state index < -0.39 is 5.60 Å². The van der Waals surface area contributed by atoms with Crippen LogP contribution < -0.4 is 0 Å². The van der Waals surface area contributed by atoms with Crippen LogP contribution in [0.3, 0.4) is 0 Å². The summed E-state index contributed by atoms with van der Waals surface area (Å²) in [6.07, 6.45) is 4.25. The molecule has 4 rings (SSSR count). The molecule has 2 heteroatoms. The molecule has 0 radical (unpaired) electrons. The molecule has 0 atom stereocenters.